The van der Waals surface area contributed by atoms with Crippen molar-refractivity contribution in [3.8, 4) is 0 Å². The van der Waals surface area contributed by atoms with E-state index in [0.29, 0.717) is 0 Å². The van der Waals surface area contributed by atoms with Crippen molar-refractivity contribution in [3.05, 3.63) is 12.7 Å². The second-order valence-electron chi connectivity index (χ2n) is 0.697. The van der Waals surface area contributed by atoms with Crippen molar-refractivity contribution in [2.75, 3.05) is 0 Å². The van der Waals surface area contributed by atoms with Gasteiger partial charge in [-0.05, 0) is 17.0 Å². The first-order chi connectivity index (χ1) is 1.91. The lowest BCUT2D eigenvalue weighted by atomic mass is 10.8. The van der Waals surface area contributed by atoms with Crippen molar-refractivity contribution in [1.82, 2.24) is 6.15 Å². The summed E-state index contributed by atoms with van der Waals surface area (Å²) >= 11 is 0. The minimum atomic E-state index is 0. The molecule has 0 atom stereocenters. The molecule has 0 bridgehead atoms. The molecule has 40 valence electrons. The van der Waals surface area contributed by atoms with Gasteiger partial charge in [-0.25, -0.2) is 0 Å². The van der Waals surface area contributed by atoms with Crippen LogP contribution in [0.2, 0.25) is 6.04 Å². The van der Waals surface area contributed by atoms with Crippen LogP contribution in [0.1, 0.15) is 0 Å². The van der Waals surface area contributed by atoms with Crippen molar-refractivity contribution in [3.63, 3.8) is 0 Å². The van der Waals surface area contributed by atoms with Gasteiger partial charge in [0.1, 0.15) is 0 Å². The summed E-state index contributed by atoms with van der Waals surface area (Å²) in [6.45, 7) is 3.51. The van der Waals surface area contributed by atoms with Gasteiger partial charge in [-0.2, -0.15) is 0 Å². The molecular formula is C3H15NSi2. The molecule has 0 amide bonds. The zero-order chi connectivity index (χ0) is 3.41. The lowest BCUT2D eigenvalue weighted by Crippen LogP contribution is -1.47. The van der Waals surface area contributed by atoms with E-state index in [0.717, 1.165) is 0 Å². The van der Waals surface area contributed by atoms with Crippen LogP contribution in [0.15, 0.2) is 12.7 Å². The van der Waals surface area contributed by atoms with E-state index in [1.54, 1.807) is 0 Å². The first kappa shape index (κ1) is 16.5. The Morgan fingerprint density at radius 2 is 1.83 bits per heavy atom. The van der Waals surface area contributed by atoms with Gasteiger partial charge in [0.2, 0.25) is 0 Å². The second-order valence-corrected chi connectivity index (χ2v) is 1.51. The van der Waals surface area contributed by atoms with Crippen LogP contribution in [-0.4, -0.2) is 21.2 Å². The molecule has 6 heavy (non-hydrogen) atoms. The SMILES string of the molecule is C=CC[SiH3].N.[SiH4]. The maximum Gasteiger partial charge on any atom is 0.00753 e. The van der Waals surface area contributed by atoms with Crippen molar-refractivity contribution < 1.29 is 0 Å². The molecule has 0 spiro atoms. The molecule has 0 heterocycles. The molecule has 0 aromatic heterocycles. The minimum absolute atomic E-state index is 0. The average molecular weight is 121 g/mol. The average Bonchev–Trinajstić information content (AvgIpc) is 1.37. The van der Waals surface area contributed by atoms with E-state index in [2.05, 4.69) is 6.58 Å². The van der Waals surface area contributed by atoms with E-state index in [4.69, 9.17) is 0 Å². The number of rotatable bonds is 1. The molecule has 3 N–H and O–H groups in total. The highest BCUT2D eigenvalue weighted by Gasteiger charge is 1.46. The van der Waals surface area contributed by atoms with Gasteiger partial charge in [0, 0.05) is 10.2 Å². The molecule has 0 aromatic rings. The van der Waals surface area contributed by atoms with Crippen LogP contribution in [0, 0.1) is 0 Å². The molecule has 0 saturated carbocycles. The molecule has 0 radical (unpaired) electrons. The number of hydrogen-bond acceptors (Lipinski definition) is 1. The van der Waals surface area contributed by atoms with E-state index in [9.17, 15) is 0 Å². The summed E-state index contributed by atoms with van der Waals surface area (Å²) in [5.41, 5.74) is 0. The van der Waals surface area contributed by atoms with E-state index in [1.807, 2.05) is 6.08 Å². The summed E-state index contributed by atoms with van der Waals surface area (Å²) in [6.07, 6.45) is 1.94. The molecule has 0 aliphatic heterocycles. The number of allylic oxidation sites excluding steroid dienone is 1. The predicted molar refractivity (Wildman–Crippen MR) is 41.3 cm³/mol. The van der Waals surface area contributed by atoms with Crippen molar-refractivity contribution in [2.24, 2.45) is 0 Å². The van der Waals surface area contributed by atoms with Crippen LogP contribution < -0.4 is 6.15 Å². The third-order valence-electron chi connectivity index (χ3n) is 0.289. The molecule has 0 rings (SSSR count). The summed E-state index contributed by atoms with van der Waals surface area (Å²) in [7, 11) is 1.27. The third kappa shape index (κ3) is 31.6. The highest BCUT2D eigenvalue weighted by molar-refractivity contribution is 6.09. The highest BCUT2D eigenvalue weighted by Crippen LogP contribution is 1.61. The molecule has 0 aromatic carbocycles. The fourth-order valence-electron chi connectivity index (χ4n) is 0. The lowest BCUT2D eigenvalue weighted by molar-refractivity contribution is 1.76. The Balaban J connectivity index is -0.0000000450. The summed E-state index contributed by atoms with van der Waals surface area (Å²) in [5.74, 6) is 0. The summed E-state index contributed by atoms with van der Waals surface area (Å²) in [5, 5.41) is 0. The van der Waals surface area contributed by atoms with Crippen LogP contribution in [-0.2, 0) is 0 Å². The zero-order valence-electron chi connectivity index (χ0n) is 3.70. The lowest BCUT2D eigenvalue weighted by Gasteiger charge is -1.57. The van der Waals surface area contributed by atoms with Crippen LogP contribution in [0.5, 0.6) is 0 Å². The van der Waals surface area contributed by atoms with E-state index in [-0.39, 0.29) is 17.1 Å². The summed E-state index contributed by atoms with van der Waals surface area (Å²) in [4.78, 5) is 0. The van der Waals surface area contributed by atoms with Crippen LogP contribution in [0.4, 0.5) is 0 Å². The molecule has 3 heteroatoms. The Kier molecular flexibility index (Phi) is 52.9. The topological polar surface area (TPSA) is 35.0 Å². The molecule has 0 aliphatic carbocycles. The van der Waals surface area contributed by atoms with Gasteiger partial charge < -0.3 is 6.15 Å². The van der Waals surface area contributed by atoms with Crippen molar-refractivity contribution in [2.45, 2.75) is 6.04 Å². The van der Waals surface area contributed by atoms with Crippen LogP contribution >= 0.6 is 0 Å². The highest BCUT2D eigenvalue weighted by atomic mass is 28.1. The van der Waals surface area contributed by atoms with Gasteiger partial charge >= 0.3 is 0 Å². The fourth-order valence-corrected chi connectivity index (χ4v) is 0. The van der Waals surface area contributed by atoms with Gasteiger partial charge in [-0.3, -0.25) is 0 Å². The van der Waals surface area contributed by atoms with Crippen molar-refractivity contribution >= 4 is 21.2 Å². The second kappa shape index (κ2) is 19.3. The molecule has 0 saturated heterocycles. The quantitative estimate of drug-likeness (QED) is 0.338. The zero-order valence-corrected chi connectivity index (χ0v) is 5.70. The Labute approximate surface area is 46.9 Å². The first-order valence-electron chi connectivity index (χ1n) is 1.52. The molecule has 0 aliphatic rings. The standard InChI is InChI=1S/C3H8Si.H3N.H4Si/c1-2-3-4;;/h2H,1,3H2,4H3;1H3;1H4. The first-order valence-corrected chi connectivity index (χ1v) is 2.94. The largest absolute Gasteiger partial charge is 0.344 e. The Morgan fingerprint density at radius 3 is 1.83 bits per heavy atom. The number of hydrogen-bond donors (Lipinski definition) is 1. The monoisotopic (exact) mass is 121 g/mol. The summed E-state index contributed by atoms with van der Waals surface area (Å²) < 4.78 is 0. The smallest absolute Gasteiger partial charge is 0.00753 e. The molecule has 0 fully saturated rings. The summed E-state index contributed by atoms with van der Waals surface area (Å²) in [6, 6.07) is 1.22. The normalized spacial score (nSPS) is 4.67. The minimum Gasteiger partial charge on any atom is -0.344 e. The Bertz CT molecular complexity index is 22.8. The molecular weight excluding hydrogens is 106 g/mol. The van der Waals surface area contributed by atoms with Crippen LogP contribution in [0.3, 0.4) is 0 Å². The Morgan fingerprint density at radius 1 is 1.67 bits per heavy atom. The Hall–Kier alpha value is 0.134. The third-order valence-corrected chi connectivity index (χ3v) is 0.866. The van der Waals surface area contributed by atoms with Gasteiger partial charge in [-0.15, -0.1) is 6.58 Å². The van der Waals surface area contributed by atoms with Gasteiger partial charge in [-0.1, -0.05) is 6.08 Å². The van der Waals surface area contributed by atoms with E-state index in [1.165, 1.54) is 16.3 Å². The maximum atomic E-state index is 3.51. The van der Waals surface area contributed by atoms with Crippen molar-refractivity contribution in [1.29, 1.82) is 0 Å². The molecule has 0 unspecified atom stereocenters. The van der Waals surface area contributed by atoms with E-state index >= 15 is 0 Å². The molecule has 1 nitrogen and oxygen atoms in total. The fraction of sp³-hybridized carbons (Fsp3) is 0.333. The van der Waals surface area contributed by atoms with E-state index < -0.39 is 0 Å². The van der Waals surface area contributed by atoms with Gasteiger partial charge in [0.15, 0.2) is 0 Å². The predicted octanol–water partition coefficient (Wildman–Crippen LogP) is -1.33. The van der Waals surface area contributed by atoms with Gasteiger partial charge in [0.25, 0.3) is 0 Å². The van der Waals surface area contributed by atoms with Crippen LogP contribution in [0.25, 0.3) is 0 Å². The van der Waals surface area contributed by atoms with Gasteiger partial charge in [0.05, 0.1) is 0 Å². The maximum absolute atomic E-state index is 3.51.